The van der Waals surface area contributed by atoms with E-state index in [1.165, 1.54) is 5.56 Å². The second kappa shape index (κ2) is 7.06. The number of para-hydroxylation sites is 2. The van der Waals surface area contributed by atoms with Crippen LogP contribution in [0.1, 0.15) is 31.7 Å². The highest BCUT2D eigenvalue weighted by molar-refractivity contribution is 6.05. The summed E-state index contributed by atoms with van der Waals surface area (Å²) in [5.41, 5.74) is 5.56. The first-order chi connectivity index (χ1) is 14.6. The molecule has 0 aliphatic carbocycles. The zero-order chi connectivity index (χ0) is 20.8. The molecule has 6 nitrogen and oxygen atoms in total. The Morgan fingerprint density at radius 2 is 1.57 bits per heavy atom. The van der Waals surface area contributed by atoms with E-state index in [-0.39, 0.29) is 5.56 Å². The zero-order valence-corrected chi connectivity index (χ0v) is 17.4. The molecule has 150 valence electrons. The fourth-order valence-corrected chi connectivity index (χ4v) is 4.04. The maximum Gasteiger partial charge on any atom is 0.265 e. The molecule has 0 aliphatic rings. The van der Waals surface area contributed by atoms with Crippen molar-refractivity contribution >= 4 is 33.2 Å². The van der Waals surface area contributed by atoms with E-state index in [1.54, 1.807) is 4.57 Å². The molecule has 3 heterocycles. The van der Waals surface area contributed by atoms with Gasteiger partial charge < -0.3 is 0 Å². The van der Waals surface area contributed by atoms with Gasteiger partial charge >= 0.3 is 0 Å². The van der Waals surface area contributed by atoms with Gasteiger partial charge in [0.2, 0.25) is 0 Å². The average molecular weight is 397 g/mol. The van der Waals surface area contributed by atoms with Gasteiger partial charge in [-0.1, -0.05) is 38.1 Å². The molecule has 0 atom stereocenters. The van der Waals surface area contributed by atoms with Crippen molar-refractivity contribution in [2.24, 2.45) is 0 Å². The molecule has 0 radical (unpaired) electrons. The van der Waals surface area contributed by atoms with Gasteiger partial charge in [0.05, 0.1) is 11.0 Å². The SMILES string of the molecule is CCCn1c(C)nc2c(c1=O)c1nc3ccccc3nc1n2-c1ccc(CC)cc1. The van der Waals surface area contributed by atoms with Crippen molar-refractivity contribution in [2.75, 3.05) is 0 Å². The van der Waals surface area contributed by atoms with Gasteiger partial charge in [0.15, 0.2) is 11.3 Å². The van der Waals surface area contributed by atoms with Crippen LogP contribution >= 0.6 is 0 Å². The third-order valence-electron chi connectivity index (χ3n) is 5.60. The van der Waals surface area contributed by atoms with Crippen LogP contribution in [-0.4, -0.2) is 24.1 Å². The third-order valence-corrected chi connectivity index (χ3v) is 5.60. The molecule has 6 heteroatoms. The van der Waals surface area contributed by atoms with Gasteiger partial charge in [-0.15, -0.1) is 0 Å². The highest BCUT2D eigenvalue weighted by Crippen LogP contribution is 2.28. The van der Waals surface area contributed by atoms with E-state index < -0.39 is 0 Å². The number of benzene rings is 2. The van der Waals surface area contributed by atoms with E-state index in [2.05, 4.69) is 38.1 Å². The summed E-state index contributed by atoms with van der Waals surface area (Å²) in [5, 5.41) is 0.530. The summed E-state index contributed by atoms with van der Waals surface area (Å²) in [6, 6.07) is 16.1. The molecule has 0 aliphatic heterocycles. The Labute approximate surface area is 173 Å². The Morgan fingerprint density at radius 3 is 2.23 bits per heavy atom. The predicted molar refractivity (Wildman–Crippen MR) is 120 cm³/mol. The van der Waals surface area contributed by atoms with Gasteiger partial charge in [0.25, 0.3) is 5.56 Å². The molecule has 0 amide bonds. The summed E-state index contributed by atoms with van der Waals surface area (Å²) in [6.07, 6.45) is 1.83. The number of rotatable bonds is 4. The number of hydrogen-bond acceptors (Lipinski definition) is 4. The number of hydrogen-bond donors (Lipinski definition) is 0. The van der Waals surface area contributed by atoms with E-state index in [0.29, 0.717) is 34.6 Å². The summed E-state index contributed by atoms with van der Waals surface area (Å²) in [7, 11) is 0. The number of nitrogens with zero attached hydrogens (tertiary/aromatic N) is 5. The van der Waals surface area contributed by atoms with Crippen LogP contribution in [0.15, 0.2) is 53.3 Å². The quantitative estimate of drug-likeness (QED) is 0.446. The van der Waals surface area contributed by atoms with Crippen molar-refractivity contribution in [1.29, 1.82) is 0 Å². The van der Waals surface area contributed by atoms with E-state index >= 15 is 0 Å². The van der Waals surface area contributed by atoms with Gasteiger partial charge in [-0.25, -0.2) is 15.0 Å². The molecular formula is C24H23N5O. The number of fused-ring (bicyclic) bond motifs is 4. The Kier molecular flexibility index (Phi) is 4.35. The van der Waals surface area contributed by atoms with Gasteiger partial charge in [-0.3, -0.25) is 13.9 Å². The van der Waals surface area contributed by atoms with Gasteiger partial charge in [-0.05, 0) is 49.6 Å². The first-order valence-corrected chi connectivity index (χ1v) is 10.4. The summed E-state index contributed by atoms with van der Waals surface area (Å²) in [5.74, 6) is 0.702. The van der Waals surface area contributed by atoms with Gasteiger partial charge in [0, 0.05) is 12.2 Å². The molecule has 0 bridgehead atoms. The maximum absolute atomic E-state index is 13.5. The lowest BCUT2D eigenvalue weighted by Gasteiger charge is -2.10. The predicted octanol–water partition coefficient (Wildman–Crippen LogP) is 4.56. The van der Waals surface area contributed by atoms with E-state index in [0.717, 1.165) is 29.6 Å². The fourth-order valence-electron chi connectivity index (χ4n) is 4.04. The molecule has 0 N–H and O–H groups in total. The zero-order valence-electron chi connectivity index (χ0n) is 17.4. The van der Waals surface area contributed by atoms with Crippen LogP contribution in [0.2, 0.25) is 0 Å². The van der Waals surface area contributed by atoms with Crippen LogP contribution in [0, 0.1) is 6.92 Å². The summed E-state index contributed by atoms with van der Waals surface area (Å²) < 4.78 is 3.71. The topological polar surface area (TPSA) is 65.6 Å². The Balaban J connectivity index is 1.97. The van der Waals surface area contributed by atoms with E-state index in [1.807, 2.05) is 35.8 Å². The van der Waals surface area contributed by atoms with E-state index in [9.17, 15) is 4.79 Å². The summed E-state index contributed by atoms with van der Waals surface area (Å²) >= 11 is 0. The smallest absolute Gasteiger partial charge is 0.265 e. The maximum atomic E-state index is 13.5. The first-order valence-electron chi connectivity index (χ1n) is 10.4. The Hall–Kier alpha value is -3.54. The minimum Gasteiger partial charge on any atom is -0.296 e. The second-order valence-electron chi connectivity index (χ2n) is 7.55. The minimum absolute atomic E-state index is 0.0575. The molecule has 0 fully saturated rings. The lowest BCUT2D eigenvalue weighted by molar-refractivity contribution is 0.624. The number of aromatic nitrogens is 5. The van der Waals surface area contributed by atoms with Crippen molar-refractivity contribution in [3.8, 4) is 5.69 Å². The normalized spacial score (nSPS) is 11.7. The van der Waals surface area contributed by atoms with Crippen LogP contribution < -0.4 is 5.56 Å². The standard InChI is InChI=1S/C24H23N5O/c1-4-14-28-15(3)25-22-20(24(28)30)21-23(27-19-9-7-6-8-18(19)26-21)29(22)17-12-10-16(5-2)11-13-17/h6-13H,4-5,14H2,1-3H3. The van der Waals surface area contributed by atoms with Crippen molar-refractivity contribution < 1.29 is 0 Å². The van der Waals surface area contributed by atoms with Crippen molar-refractivity contribution in [1.82, 2.24) is 24.1 Å². The average Bonchev–Trinajstić information content (AvgIpc) is 3.08. The monoisotopic (exact) mass is 397 g/mol. The van der Waals surface area contributed by atoms with Crippen LogP contribution in [0.4, 0.5) is 0 Å². The molecule has 5 aromatic rings. The minimum atomic E-state index is -0.0575. The molecular weight excluding hydrogens is 374 g/mol. The summed E-state index contributed by atoms with van der Waals surface area (Å²) in [6.45, 7) is 6.71. The molecule has 0 saturated heterocycles. The lowest BCUT2D eigenvalue weighted by atomic mass is 10.1. The lowest BCUT2D eigenvalue weighted by Crippen LogP contribution is -2.24. The fraction of sp³-hybridized carbons (Fsp3) is 0.250. The Morgan fingerprint density at radius 1 is 0.867 bits per heavy atom. The van der Waals surface area contributed by atoms with E-state index in [4.69, 9.17) is 15.0 Å². The third kappa shape index (κ3) is 2.71. The molecule has 30 heavy (non-hydrogen) atoms. The molecule has 0 spiro atoms. The molecule has 0 unspecified atom stereocenters. The molecule has 2 aromatic carbocycles. The number of aryl methyl sites for hydroxylation is 2. The molecule has 0 saturated carbocycles. The van der Waals surface area contributed by atoms with Crippen LogP contribution in [0.25, 0.3) is 38.9 Å². The van der Waals surface area contributed by atoms with Crippen molar-refractivity contribution in [3.05, 3.63) is 70.3 Å². The van der Waals surface area contributed by atoms with Crippen molar-refractivity contribution in [3.63, 3.8) is 0 Å². The molecule has 5 rings (SSSR count). The van der Waals surface area contributed by atoms with Gasteiger partial charge in [-0.2, -0.15) is 0 Å². The molecule has 3 aromatic heterocycles. The Bertz CT molecular complexity index is 1460. The largest absolute Gasteiger partial charge is 0.296 e. The summed E-state index contributed by atoms with van der Waals surface area (Å²) in [4.78, 5) is 28.1. The van der Waals surface area contributed by atoms with Crippen LogP contribution in [-0.2, 0) is 13.0 Å². The van der Waals surface area contributed by atoms with Crippen LogP contribution in [0.3, 0.4) is 0 Å². The highest BCUT2D eigenvalue weighted by Gasteiger charge is 2.21. The first kappa shape index (κ1) is 18.5. The highest BCUT2D eigenvalue weighted by atomic mass is 16.1. The van der Waals surface area contributed by atoms with Gasteiger partial charge in [0.1, 0.15) is 16.7 Å². The van der Waals surface area contributed by atoms with Crippen LogP contribution in [0.5, 0.6) is 0 Å². The second-order valence-corrected chi connectivity index (χ2v) is 7.55. The van der Waals surface area contributed by atoms with Crippen molar-refractivity contribution in [2.45, 2.75) is 40.2 Å².